The monoisotopic (exact) mass is 603 g/mol. The highest BCUT2D eigenvalue weighted by atomic mass is 16.7. The Kier molecular flexibility index (Phi) is 12.2. The molecule has 0 unspecified atom stereocenters. The Bertz CT molecular complexity index is 1100. The molecule has 2 aliphatic rings. The van der Waals surface area contributed by atoms with Crippen LogP contribution in [0.5, 0.6) is 0 Å². The van der Waals surface area contributed by atoms with Crippen molar-refractivity contribution in [2.24, 2.45) is 5.92 Å². The Labute approximate surface area is 239 Å². The molecule has 1 fully saturated rings. The molecule has 1 heterocycles. The van der Waals surface area contributed by atoms with E-state index in [9.17, 15) is 38.9 Å². The third-order valence-corrected chi connectivity index (χ3v) is 6.03. The van der Waals surface area contributed by atoms with Crippen molar-refractivity contribution in [1.82, 2.24) is 0 Å². The van der Waals surface area contributed by atoms with Crippen LogP contribution in [0, 0.1) is 16.0 Å². The molecule has 1 aliphatic carbocycles. The topological polar surface area (TPSA) is 219 Å². The first-order chi connectivity index (χ1) is 19.6. The smallest absolute Gasteiger partial charge is 0.323 e. The molecule has 0 N–H and O–H groups in total. The molecule has 2 rings (SSSR count). The van der Waals surface area contributed by atoms with Crippen LogP contribution < -0.4 is 0 Å². The van der Waals surface area contributed by atoms with Gasteiger partial charge in [0.25, 0.3) is 0 Å². The van der Waals surface area contributed by atoms with E-state index in [1.807, 2.05) is 0 Å². The number of nitro groups is 1. The third-order valence-electron chi connectivity index (χ3n) is 6.03. The Morgan fingerprint density at radius 1 is 0.738 bits per heavy atom. The molecule has 42 heavy (non-hydrogen) atoms. The molecule has 0 aromatic rings. The quantitative estimate of drug-likeness (QED) is 0.132. The zero-order chi connectivity index (χ0) is 31.7. The normalized spacial score (nSPS) is 28.6. The average Bonchev–Trinajstić information content (AvgIpc) is 2.84. The fourth-order valence-electron chi connectivity index (χ4n) is 4.58. The minimum absolute atomic E-state index is 0.192. The summed E-state index contributed by atoms with van der Waals surface area (Å²) in [5.41, 5.74) is -0.708. The molecule has 0 radical (unpaired) electrons. The minimum Gasteiger partial charge on any atom is -0.485 e. The van der Waals surface area contributed by atoms with Gasteiger partial charge in [-0.1, -0.05) is 0 Å². The Hall–Kier alpha value is -4.28. The number of hydrogen-bond acceptors (Lipinski definition) is 16. The molecule has 0 spiro atoms. The van der Waals surface area contributed by atoms with E-state index in [1.165, 1.54) is 0 Å². The maximum atomic E-state index is 12.2. The highest BCUT2D eigenvalue weighted by molar-refractivity contribution is 5.69. The second kappa shape index (κ2) is 15.1. The van der Waals surface area contributed by atoms with E-state index in [2.05, 4.69) is 0 Å². The number of ether oxygens (including phenoxy) is 8. The lowest BCUT2D eigenvalue weighted by Crippen LogP contribution is -2.61. The van der Waals surface area contributed by atoms with Crippen LogP contribution in [-0.4, -0.2) is 96.7 Å². The molecular weight excluding hydrogens is 570 g/mol. The fraction of sp³-hybridized carbons (Fsp3) is 0.680. The number of rotatable bonds is 11. The summed E-state index contributed by atoms with van der Waals surface area (Å²) >= 11 is 0. The molecule has 1 aliphatic heterocycles. The van der Waals surface area contributed by atoms with Gasteiger partial charge in [0.15, 0.2) is 24.6 Å². The van der Waals surface area contributed by atoms with Crippen molar-refractivity contribution in [3.8, 4) is 0 Å². The minimum atomic E-state index is -1.70. The summed E-state index contributed by atoms with van der Waals surface area (Å²) in [6.45, 7) is 5.59. The summed E-state index contributed by atoms with van der Waals surface area (Å²) in [5, 5.41) is 11.8. The number of hydrogen-bond donors (Lipinski definition) is 0. The van der Waals surface area contributed by atoms with E-state index in [1.54, 1.807) is 0 Å². The fourth-order valence-corrected chi connectivity index (χ4v) is 4.58. The van der Waals surface area contributed by atoms with Crippen LogP contribution in [0.4, 0.5) is 0 Å². The van der Waals surface area contributed by atoms with Gasteiger partial charge >= 0.3 is 41.5 Å². The van der Waals surface area contributed by atoms with Crippen LogP contribution in [0.1, 0.15) is 48.0 Å². The zero-order valence-electron chi connectivity index (χ0n) is 23.8. The van der Waals surface area contributed by atoms with E-state index in [-0.39, 0.29) is 13.0 Å². The predicted molar refractivity (Wildman–Crippen MR) is 132 cm³/mol. The number of carbonyl (C=O) groups is 6. The van der Waals surface area contributed by atoms with Gasteiger partial charge in [-0.05, 0) is 6.42 Å². The first-order valence-corrected chi connectivity index (χ1v) is 12.7. The second-order valence-corrected chi connectivity index (χ2v) is 9.47. The molecule has 17 nitrogen and oxygen atoms in total. The molecule has 0 amide bonds. The zero-order valence-corrected chi connectivity index (χ0v) is 23.8. The molecule has 0 saturated heterocycles. The highest BCUT2D eigenvalue weighted by Gasteiger charge is 2.55. The molecular formula is C25H33NO16. The summed E-state index contributed by atoms with van der Waals surface area (Å²) < 4.78 is 43.2. The average molecular weight is 604 g/mol. The number of nitrogens with zero attached hydrogens (tertiary/aromatic N) is 1. The molecule has 0 aromatic heterocycles. The SMILES string of the molecule is CC(=O)OC[C@H]1C[C@@H](O[C@H]2[C@H](OC(C)=O)C([N+](=O)[O-])=CO[C@@H]2COC(C)=O)[C@H](OC(C)=O)[C@@H](OC(C)=O)[C@H]1OC(C)=O. The molecule has 0 bridgehead atoms. The van der Waals surface area contributed by atoms with Gasteiger partial charge in [-0.25, -0.2) is 0 Å². The molecule has 234 valence electrons. The van der Waals surface area contributed by atoms with Crippen LogP contribution in [-0.2, 0) is 66.7 Å². The first-order valence-electron chi connectivity index (χ1n) is 12.7. The summed E-state index contributed by atoms with van der Waals surface area (Å²) in [7, 11) is 0. The standard InChI is InChI=1S/C25H33NO16/c1-11(27)35-8-17-7-19(23(40-15(5)31)25(41-16(6)32)21(17)38-13(3)29)42-24-20(10-36-12(2)28)37-9-18(26(33)34)22(24)39-14(4)30/h9,17,19-25H,7-8,10H2,1-6H3/t17-,19-,20-,21+,22-,23+,24-,25+/m1/s1. The summed E-state index contributed by atoms with van der Waals surface area (Å²) in [5.74, 6) is -5.73. The molecule has 1 saturated carbocycles. The van der Waals surface area contributed by atoms with Gasteiger partial charge in [0.05, 0.1) is 17.6 Å². The molecule has 0 aromatic carbocycles. The van der Waals surface area contributed by atoms with Crippen LogP contribution in [0.2, 0.25) is 0 Å². The lowest BCUT2D eigenvalue weighted by molar-refractivity contribution is -0.445. The van der Waals surface area contributed by atoms with Crippen molar-refractivity contribution in [3.63, 3.8) is 0 Å². The maximum Gasteiger partial charge on any atom is 0.323 e. The van der Waals surface area contributed by atoms with Gasteiger partial charge in [-0.3, -0.25) is 38.9 Å². The van der Waals surface area contributed by atoms with Crippen molar-refractivity contribution in [2.45, 2.75) is 90.7 Å². The Morgan fingerprint density at radius 2 is 1.24 bits per heavy atom. The van der Waals surface area contributed by atoms with Gasteiger partial charge in [0, 0.05) is 47.5 Å². The van der Waals surface area contributed by atoms with E-state index < -0.39 is 102 Å². The summed E-state index contributed by atoms with van der Waals surface area (Å²) in [4.78, 5) is 82.2. The van der Waals surface area contributed by atoms with Crippen LogP contribution in [0.3, 0.4) is 0 Å². The third kappa shape index (κ3) is 9.67. The maximum absolute atomic E-state index is 12.2. The predicted octanol–water partition coefficient (Wildman–Crippen LogP) is 0.130. The van der Waals surface area contributed by atoms with Gasteiger partial charge < -0.3 is 37.9 Å². The summed E-state index contributed by atoms with van der Waals surface area (Å²) in [6.07, 6.45) is -9.56. The van der Waals surface area contributed by atoms with Gasteiger partial charge in [0.1, 0.15) is 18.8 Å². The van der Waals surface area contributed by atoms with E-state index in [4.69, 9.17) is 37.9 Å². The Morgan fingerprint density at radius 3 is 1.74 bits per heavy atom. The van der Waals surface area contributed by atoms with Gasteiger partial charge in [-0.2, -0.15) is 0 Å². The van der Waals surface area contributed by atoms with Gasteiger partial charge in [0.2, 0.25) is 6.10 Å². The first kappa shape index (κ1) is 33.9. The van der Waals surface area contributed by atoms with Crippen LogP contribution in [0.25, 0.3) is 0 Å². The van der Waals surface area contributed by atoms with E-state index in [0.29, 0.717) is 0 Å². The number of esters is 6. The van der Waals surface area contributed by atoms with Crippen molar-refractivity contribution in [3.05, 3.63) is 22.1 Å². The molecule has 8 atom stereocenters. The van der Waals surface area contributed by atoms with Crippen molar-refractivity contribution in [2.75, 3.05) is 13.2 Å². The highest BCUT2D eigenvalue weighted by Crippen LogP contribution is 2.37. The largest absolute Gasteiger partial charge is 0.485 e. The van der Waals surface area contributed by atoms with Gasteiger partial charge in [-0.15, -0.1) is 0 Å². The van der Waals surface area contributed by atoms with Crippen molar-refractivity contribution in [1.29, 1.82) is 0 Å². The second-order valence-electron chi connectivity index (χ2n) is 9.47. The van der Waals surface area contributed by atoms with Crippen LogP contribution >= 0.6 is 0 Å². The summed E-state index contributed by atoms with van der Waals surface area (Å²) in [6, 6.07) is 0. The Balaban J connectivity index is 2.63. The number of carbonyl (C=O) groups excluding carboxylic acids is 6. The molecule has 17 heteroatoms. The lowest BCUT2D eigenvalue weighted by atomic mass is 9.80. The van der Waals surface area contributed by atoms with E-state index >= 15 is 0 Å². The lowest BCUT2D eigenvalue weighted by Gasteiger charge is -2.46. The van der Waals surface area contributed by atoms with E-state index in [0.717, 1.165) is 47.8 Å². The van der Waals surface area contributed by atoms with Crippen molar-refractivity contribution < 1.29 is 71.6 Å². The van der Waals surface area contributed by atoms with Crippen LogP contribution in [0.15, 0.2) is 12.0 Å². The van der Waals surface area contributed by atoms with Crippen molar-refractivity contribution >= 4 is 35.8 Å².